The fourth-order valence-electron chi connectivity index (χ4n) is 3.59. The molecule has 0 aliphatic heterocycles. The van der Waals surface area contributed by atoms with Gasteiger partial charge in [0.05, 0.1) is 0 Å². The van der Waals surface area contributed by atoms with E-state index in [-0.39, 0.29) is 0 Å². The summed E-state index contributed by atoms with van der Waals surface area (Å²) >= 11 is 0. The maximum absolute atomic E-state index is 5.82. The summed E-state index contributed by atoms with van der Waals surface area (Å²) in [6.45, 7) is 6.52. The van der Waals surface area contributed by atoms with Gasteiger partial charge in [-0.15, -0.1) is 0 Å². The van der Waals surface area contributed by atoms with Crippen LogP contribution >= 0.6 is 0 Å². The van der Waals surface area contributed by atoms with Gasteiger partial charge in [-0.3, -0.25) is 0 Å². The molecule has 1 aromatic heterocycles. The summed E-state index contributed by atoms with van der Waals surface area (Å²) in [5.74, 6) is 2.82. The molecule has 2 unspecified atom stereocenters. The molecule has 1 N–H and O–H groups in total. The van der Waals surface area contributed by atoms with Crippen LogP contribution in [0.5, 0.6) is 0 Å². The van der Waals surface area contributed by atoms with Crippen LogP contribution in [0.15, 0.2) is 28.7 Å². The van der Waals surface area contributed by atoms with Gasteiger partial charge < -0.3 is 9.73 Å². The molecule has 0 amide bonds. The van der Waals surface area contributed by atoms with E-state index in [1.165, 1.54) is 36.6 Å². The number of hydrogen-bond donors (Lipinski definition) is 1. The van der Waals surface area contributed by atoms with Gasteiger partial charge in [0, 0.05) is 17.5 Å². The van der Waals surface area contributed by atoms with Crippen molar-refractivity contribution < 1.29 is 4.42 Å². The molecule has 2 heteroatoms. The SMILES string of the molecule is Cc1oc2ccccc2c1CNCC1CCCC(C)C1. The van der Waals surface area contributed by atoms with Crippen LogP contribution in [-0.2, 0) is 6.54 Å². The van der Waals surface area contributed by atoms with E-state index in [9.17, 15) is 0 Å². The summed E-state index contributed by atoms with van der Waals surface area (Å²) in [6.07, 6.45) is 5.60. The number of fused-ring (bicyclic) bond motifs is 1. The molecule has 108 valence electrons. The molecule has 0 saturated heterocycles. The lowest BCUT2D eigenvalue weighted by atomic mass is 9.82. The summed E-state index contributed by atoms with van der Waals surface area (Å²) in [6, 6.07) is 8.33. The second kappa shape index (κ2) is 6.01. The molecule has 0 radical (unpaired) electrons. The number of rotatable bonds is 4. The summed E-state index contributed by atoms with van der Waals surface area (Å²) in [5, 5.41) is 4.91. The zero-order valence-electron chi connectivity index (χ0n) is 12.6. The van der Waals surface area contributed by atoms with Gasteiger partial charge in [-0.2, -0.15) is 0 Å². The second-order valence-electron chi connectivity index (χ2n) is 6.40. The molecule has 1 fully saturated rings. The maximum Gasteiger partial charge on any atom is 0.134 e. The molecule has 1 aromatic carbocycles. The average molecular weight is 271 g/mol. The van der Waals surface area contributed by atoms with E-state index in [1.807, 2.05) is 6.07 Å². The minimum absolute atomic E-state index is 0.859. The van der Waals surface area contributed by atoms with Crippen LogP contribution < -0.4 is 5.32 Å². The van der Waals surface area contributed by atoms with Gasteiger partial charge in [0.2, 0.25) is 0 Å². The lowest BCUT2D eigenvalue weighted by Crippen LogP contribution is -2.26. The van der Waals surface area contributed by atoms with Crippen LogP contribution in [-0.4, -0.2) is 6.54 Å². The van der Waals surface area contributed by atoms with E-state index in [0.717, 1.165) is 36.3 Å². The van der Waals surface area contributed by atoms with Gasteiger partial charge in [-0.1, -0.05) is 38.0 Å². The Hall–Kier alpha value is -1.28. The maximum atomic E-state index is 5.82. The first-order chi connectivity index (χ1) is 9.74. The van der Waals surface area contributed by atoms with Gasteiger partial charge in [0.25, 0.3) is 0 Å². The highest BCUT2D eigenvalue weighted by atomic mass is 16.3. The minimum atomic E-state index is 0.859. The van der Waals surface area contributed by atoms with Crippen LogP contribution in [0.3, 0.4) is 0 Å². The standard InChI is InChI=1S/C18H25NO/c1-13-6-5-7-15(10-13)11-19-12-17-14(2)20-18-9-4-3-8-16(17)18/h3-4,8-9,13,15,19H,5-7,10-12H2,1-2H3. The van der Waals surface area contributed by atoms with Crippen molar-refractivity contribution in [1.29, 1.82) is 0 Å². The zero-order valence-corrected chi connectivity index (χ0v) is 12.6. The van der Waals surface area contributed by atoms with E-state index < -0.39 is 0 Å². The highest BCUT2D eigenvalue weighted by Gasteiger charge is 2.18. The van der Waals surface area contributed by atoms with Crippen LogP contribution in [0.25, 0.3) is 11.0 Å². The fourth-order valence-corrected chi connectivity index (χ4v) is 3.59. The van der Waals surface area contributed by atoms with Gasteiger partial charge >= 0.3 is 0 Å². The number of aryl methyl sites for hydroxylation is 1. The Morgan fingerprint density at radius 2 is 2.10 bits per heavy atom. The van der Waals surface area contributed by atoms with Crippen molar-refractivity contribution in [3.8, 4) is 0 Å². The number of furan rings is 1. The summed E-state index contributed by atoms with van der Waals surface area (Å²) in [7, 11) is 0. The zero-order chi connectivity index (χ0) is 13.9. The van der Waals surface area contributed by atoms with E-state index in [1.54, 1.807) is 0 Å². The van der Waals surface area contributed by atoms with E-state index in [4.69, 9.17) is 4.42 Å². The van der Waals surface area contributed by atoms with Crippen molar-refractivity contribution in [2.75, 3.05) is 6.54 Å². The molecule has 1 saturated carbocycles. The molecule has 0 bridgehead atoms. The van der Waals surface area contributed by atoms with E-state index in [2.05, 4.69) is 37.4 Å². The largest absolute Gasteiger partial charge is 0.461 e. The van der Waals surface area contributed by atoms with Gasteiger partial charge in [0.1, 0.15) is 11.3 Å². The van der Waals surface area contributed by atoms with Gasteiger partial charge in [-0.25, -0.2) is 0 Å². The first-order valence-electron chi connectivity index (χ1n) is 7.91. The van der Waals surface area contributed by atoms with Crippen molar-refractivity contribution >= 4 is 11.0 Å². The normalized spacial score (nSPS) is 23.3. The molecule has 0 spiro atoms. The molecule has 2 nitrogen and oxygen atoms in total. The first kappa shape index (κ1) is 13.7. The Labute approximate surface area is 121 Å². The minimum Gasteiger partial charge on any atom is -0.461 e. The topological polar surface area (TPSA) is 25.2 Å². The van der Waals surface area contributed by atoms with Crippen LogP contribution in [0.1, 0.15) is 43.9 Å². The predicted molar refractivity (Wildman–Crippen MR) is 83.8 cm³/mol. The van der Waals surface area contributed by atoms with Crippen LogP contribution in [0.2, 0.25) is 0 Å². The lowest BCUT2D eigenvalue weighted by Gasteiger charge is -2.26. The smallest absolute Gasteiger partial charge is 0.134 e. The van der Waals surface area contributed by atoms with Crippen molar-refractivity contribution in [1.82, 2.24) is 5.32 Å². The predicted octanol–water partition coefficient (Wildman–Crippen LogP) is 4.66. The van der Waals surface area contributed by atoms with E-state index >= 15 is 0 Å². The third-order valence-electron chi connectivity index (χ3n) is 4.68. The van der Waals surface area contributed by atoms with Gasteiger partial charge in [-0.05, 0) is 44.2 Å². The van der Waals surface area contributed by atoms with Gasteiger partial charge in [0.15, 0.2) is 0 Å². The van der Waals surface area contributed by atoms with Crippen LogP contribution in [0.4, 0.5) is 0 Å². The number of para-hydroxylation sites is 1. The number of nitrogens with one attached hydrogen (secondary N) is 1. The third kappa shape index (κ3) is 2.90. The molecular weight excluding hydrogens is 246 g/mol. The Morgan fingerprint density at radius 3 is 2.95 bits per heavy atom. The Balaban J connectivity index is 1.61. The van der Waals surface area contributed by atoms with Crippen molar-refractivity contribution in [2.45, 2.75) is 46.1 Å². The fraction of sp³-hybridized carbons (Fsp3) is 0.556. The van der Waals surface area contributed by atoms with Crippen LogP contribution in [0, 0.1) is 18.8 Å². The molecule has 1 aliphatic rings. The molecule has 3 rings (SSSR count). The number of benzene rings is 1. The molecular formula is C18H25NO. The van der Waals surface area contributed by atoms with Crippen molar-refractivity contribution in [3.63, 3.8) is 0 Å². The van der Waals surface area contributed by atoms with E-state index in [0.29, 0.717) is 0 Å². The quantitative estimate of drug-likeness (QED) is 0.875. The summed E-state index contributed by atoms with van der Waals surface area (Å²) in [5.41, 5.74) is 2.33. The Morgan fingerprint density at radius 1 is 1.25 bits per heavy atom. The monoisotopic (exact) mass is 271 g/mol. The molecule has 1 aliphatic carbocycles. The molecule has 20 heavy (non-hydrogen) atoms. The summed E-state index contributed by atoms with van der Waals surface area (Å²) in [4.78, 5) is 0. The highest BCUT2D eigenvalue weighted by molar-refractivity contribution is 5.82. The average Bonchev–Trinajstić information content (AvgIpc) is 2.75. The lowest BCUT2D eigenvalue weighted by molar-refractivity contribution is 0.274. The first-order valence-corrected chi connectivity index (χ1v) is 7.91. The molecule has 1 heterocycles. The number of hydrogen-bond acceptors (Lipinski definition) is 2. The molecule has 2 aromatic rings. The van der Waals surface area contributed by atoms with Crippen molar-refractivity contribution in [2.24, 2.45) is 11.8 Å². The summed E-state index contributed by atoms with van der Waals surface area (Å²) < 4.78 is 5.82. The van der Waals surface area contributed by atoms with Crippen molar-refractivity contribution in [3.05, 3.63) is 35.6 Å². The molecule has 2 atom stereocenters. The Bertz CT molecular complexity index is 572. The Kier molecular flexibility index (Phi) is 4.11. The second-order valence-corrected chi connectivity index (χ2v) is 6.40. The third-order valence-corrected chi connectivity index (χ3v) is 4.68. The highest BCUT2D eigenvalue weighted by Crippen LogP contribution is 2.28.